The van der Waals surface area contributed by atoms with Gasteiger partial charge in [-0.2, -0.15) is 5.10 Å². The summed E-state index contributed by atoms with van der Waals surface area (Å²) < 4.78 is 13.7. The molecular formula is C27H32ClN3O3. The van der Waals surface area contributed by atoms with Gasteiger partial charge in [0.1, 0.15) is 5.75 Å². The second-order valence-electron chi connectivity index (χ2n) is 8.79. The molecule has 0 saturated heterocycles. The Hall–Kier alpha value is -2.64. The minimum absolute atomic E-state index is 0.281. The highest BCUT2D eigenvalue weighted by Gasteiger charge is 2.28. The molecule has 0 amide bonds. The van der Waals surface area contributed by atoms with Gasteiger partial charge < -0.3 is 14.6 Å². The zero-order valence-corrected chi connectivity index (χ0v) is 20.3. The average molecular weight is 482 g/mol. The van der Waals surface area contributed by atoms with Crippen molar-refractivity contribution in [1.82, 2.24) is 14.7 Å². The van der Waals surface area contributed by atoms with Gasteiger partial charge in [0, 0.05) is 24.7 Å². The van der Waals surface area contributed by atoms with E-state index in [0.29, 0.717) is 36.5 Å². The first kappa shape index (κ1) is 24.5. The highest BCUT2D eigenvalue weighted by Crippen LogP contribution is 2.34. The molecule has 0 aliphatic heterocycles. The lowest BCUT2D eigenvalue weighted by atomic mass is 10.2. The van der Waals surface area contributed by atoms with Crippen LogP contribution < -0.4 is 4.74 Å². The quantitative estimate of drug-likeness (QED) is 0.261. The predicted octanol–water partition coefficient (Wildman–Crippen LogP) is 5.40. The molecule has 1 N–H and O–H groups in total. The summed E-state index contributed by atoms with van der Waals surface area (Å²) in [6.07, 6.45) is 3.58. The van der Waals surface area contributed by atoms with Crippen molar-refractivity contribution in [2.24, 2.45) is 5.92 Å². The summed E-state index contributed by atoms with van der Waals surface area (Å²) in [6, 6.07) is 17.3. The maximum atomic E-state index is 10.6. The van der Waals surface area contributed by atoms with Crippen LogP contribution in [0.15, 0.2) is 67.3 Å². The van der Waals surface area contributed by atoms with Crippen molar-refractivity contribution in [3.8, 4) is 17.3 Å². The normalized spacial score (nSPS) is 14.4. The summed E-state index contributed by atoms with van der Waals surface area (Å²) in [5.41, 5.74) is 2.76. The van der Waals surface area contributed by atoms with E-state index in [2.05, 4.69) is 11.5 Å². The molecule has 1 aliphatic rings. The number of hydrogen-bond donors (Lipinski definition) is 1. The number of benzene rings is 2. The SMILES string of the molecule is C=CCOCC(O)CN(Cc1c(C)nn(-c2ccc(Cl)cc2)c1Oc1ccccc1)CC1CC1. The Morgan fingerprint density at radius 2 is 1.94 bits per heavy atom. The van der Waals surface area contributed by atoms with Gasteiger partial charge >= 0.3 is 0 Å². The molecule has 1 saturated carbocycles. The van der Waals surface area contributed by atoms with Crippen LogP contribution >= 0.6 is 11.6 Å². The van der Waals surface area contributed by atoms with Gasteiger partial charge in [-0.25, -0.2) is 4.68 Å². The van der Waals surface area contributed by atoms with E-state index in [1.165, 1.54) is 12.8 Å². The van der Waals surface area contributed by atoms with Crippen LogP contribution in [0, 0.1) is 12.8 Å². The highest BCUT2D eigenvalue weighted by molar-refractivity contribution is 6.30. The summed E-state index contributed by atoms with van der Waals surface area (Å²) >= 11 is 6.12. The largest absolute Gasteiger partial charge is 0.439 e. The van der Waals surface area contributed by atoms with Gasteiger partial charge in [0.25, 0.3) is 0 Å². The molecule has 3 aromatic rings. The summed E-state index contributed by atoms with van der Waals surface area (Å²) in [5, 5.41) is 16.1. The molecule has 4 rings (SSSR count). The van der Waals surface area contributed by atoms with Gasteiger partial charge in [-0.3, -0.25) is 4.90 Å². The monoisotopic (exact) mass is 481 g/mol. The lowest BCUT2D eigenvalue weighted by Gasteiger charge is -2.25. The first-order valence-corrected chi connectivity index (χ1v) is 12.1. The van der Waals surface area contributed by atoms with Gasteiger partial charge in [-0.15, -0.1) is 6.58 Å². The molecule has 6 nitrogen and oxygen atoms in total. The zero-order valence-electron chi connectivity index (χ0n) is 19.6. The highest BCUT2D eigenvalue weighted by atomic mass is 35.5. The lowest BCUT2D eigenvalue weighted by molar-refractivity contribution is 0.0235. The molecule has 1 atom stereocenters. The van der Waals surface area contributed by atoms with E-state index in [-0.39, 0.29) is 6.61 Å². The molecule has 2 aromatic carbocycles. The van der Waals surface area contributed by atoms with E-state index in [4.69, 9.17) is 26.2 Å². The standard InChI is InChI=1S/C27H32ClN3O3/c1-3-15-33-19-24(32)17-30(16-21-9-10-21)18-26-20(2)29-31(23-13-11-22(28)12-14-23)27(26)34-25-7-5-4-6-8-25/h3-8,11-14,21,24,32H,1,9-10,15-19H2,2H3. The number of aryl methyl sites for hydroxylation is 1. The molecule has 0 spiro atoms. The number of para-hydroxylation sites is 1. The molecule has 1 unspecified atom stereocenters. The molecule has 0 bridgehead atoms. The first-order chi connectivity index (χ1) is 16.5. The Kier molecular flexibility index (Phi) is 8.40. The molecule has 180 valence electrons. The molecular weight excluding hydrogens is 450 g/mol. The molecule has 1 heterocycles. The van der Waals surface area contributed by atoms with E-state index < -0.39 is 6.10 Å². The molecule has 1 fully saturated rings. The minimum Gasteiger partial charge on any atom is -0.439 e. The van der Waals surface area contributed by atoms with Gasteiger partial charge in [0.2, 0.25) is 5.88 Å². The van der Waals surface area contributed by atoms with Crippen LogP contribution in [-0.4, -0.2) is 52.2 Å². The van der Waals surface area contributed by atoms with Gasteiger partial charge in [0.15, 0.2) is 0 Å². The second-order valence-corrected chi connectivity index (χ2v) is 9.23. The summed E-state index contributed by atoms with van der Waals surface area (Å²) in [5.74, 6) is 2.08. The van der Waals surface area contributed by atoms with E-state index in [1.807, 2.05) is 66.2 Å². The van der Waals surface area contributed by atoms with Crippen molar-refractivity contribution >= 4 is 11.6 Å². The predicted molar refractivity (Wildman–Crippen MR) is 135 cm³/mol. The zero-order chi connectivity index (χ0) is 23.9. The smallest absolute Gasteiger partial charge is 0.227 e. The Labute approximate surface area is 206 Å². The Morgan fingerprint density at radius 3 is 2.62 bits per heavy atom. The topological polar surface area (TPSA) is 59.8 Å². The summed E-state index contributed by atoms with van der Waals surface area (Å²) in [7, 11) is 0. The summed E-state index contributed by atoms with van der Waals surface area (Å²) in [6.45, 7) is 8.44. The van der Waals surface area contributed by atoms with E-state index in [1.54, 1.807) is 6.08 Å². The third-order valence-electron chi connectivity index (χ3n) is 5.78. The van der Waals surface area contributed by atoms with Crippen molar-refractivity contribution < 1.29 is 14.6 Å². The first-order valence-electron chi connectivity index (χ1n) is 11.7. The fourth-order valence-corrected chi connectivity index (χ4v) is 4.04. The van der Waals surface area contributed by atoms with Crippen molar-refractivity contribution in [2.75, 3.05) is 26.3 Å². The Bertz CT molecular complexity index is 1060. The molecule has 1 aromatic heterocycles. The number of hydrogen-bond acceptors (Lipinski definition) is 5. The average Bonchev–Trinajstić information content (AvgIpc) is 3.60. The van der Waals surface area contributed by atoms with Gasteiger partial charge in [-0.05, 0) is 62.1 Å². The third-order valence-corrected chi connectivity index (χ3v) is 6.03. The lowest BCUT2D eigenvalue weighted by Crippen LogP contribution is -2.36. The third kappa shape index (κ3) is 6.70. The Balaban J connectivity index is 1.62. The molecule has 1 aliphatic carbocycles. The van der Waals surface area contributed by atoms with Crippen LogP contribution in [0.2, 0.25) is 5.02 Å². The molecule has 0 radical (unpaired) electrons. The fourth-order valence-electron chi connectivity index (χ4n) is 3.91. The van der Waals surface area contributed by atoms with Crippen molar-refractivity contribution in [3.63, 3.8) is 0 Å². The number of nitrogens with zero attached hydrogens (tertiary/aromatic N) is 3. The van der Waals surface area contributed by atoms with Crippen molar-refractivity contribution in [2.45, 2.75) is 32.4 Å². The second kappa shape index (κ2) is 11.7. The number of halogens is 1. The van der Waals surface area contributed by atoms with Gasteiger partial charge in [0.05, 0.1) is 36.3 Å². The van der Waals surface area contributed by atoms with Crippen LogP contribution in [0.25, 0.3) is 5.69 Å². The number of aromatic nitrogens is 2. The van der Waals surface area contributed by atoms with Crippen molar-refractivity contribution in [1.29, 1.82) is 0 Å². The maximum Gasteiger partial charge on any atom is 0.227 e. The molecule has 34 heavy (non-hydrogen) atoms. The van der Waals surface area contributed by atoms with E-state index in [9.17, 15) is 5.11 Å². The summed E-state index contributed by atoms with van der Waals surface area (Å²) in [4.78, 5) is 2.29. The fraction of sp³-hybridized carbons (Fsp3) is 0.370. The van der Waals surface area contributed by atoms with E-state index >= 15 is 0 Å². The maximum absolute atomic E-state index is 10.6. The minimum atomic E-state index is -0.580. The van der Waals surface area contributed by atoms with Gasteiger partial charge in [-0.1, -0.05) is 35.9 Å². The number of aliphatic hydroxyl groups excluding tert-OH is 1. The van der Waals surface area contributed by atoms with Crippen LogP contribution in [0.3, 0.4) is 0 Å². The van der Waals surface area contributed by atoms with Crippen molar-refractivity contribution in [3.05, 3.63) is 83.5 Å². The van der Waals surface area contributed by atoms with Crippen LogP contribution in [0.5, 0.6) is 11.6 Å². The molecule has 7 heteroatoms. The Morgan fingerprint density at radius 1 is 1.21 bits per heavy atom. The van der Waals surface area contributed by atoms with Crippen LogP contribution in [0.4, 0.5) is 0 Å². The van der Waals surface area contributed by atoms with E-state index in [0.717, 1.165) is 29.2 Å². The number of rotatable bonds is 13. The number of ether oxygens (including phenoxy) is 2. The number of aliphatic hydroxyl groups is 1. The van der Waals surface area contributed by atoms with Crippen LogP contribution in [-0.2, 0) is 11.3 Å². The van der Waals surface area contributed by atoms with Crippen LogP contribution in [0.1, 0.15) is 24.1 Å².